The van der Waals surface area contributed by atoms with E-state index < -0.39 is 0 Å². The van der Waals surface area contributed by atoms with Crippen LogP contribution in [0.2, 0.25) is 0 Å². The molecule has 2 heterocycles. The molecule has 1 N–H and O–H groups in total. The Hall–Kier alpha value is -1.26. The molecule has 2 aliphatic rings. The Morgan fingerprint density at radius 1 is 1.19 bits per heavy atom. The van der Waals surface area contributed by atoms with E-state index in [1.165, 1.54) is 18.4 Å². The quantitative estimate of drug-likeness (QED) is 0.923. The van der Waals surface area contributed by atoms with Crippen LogP contribution in [0.5, 0.6) is 11.5 Å². The van der Waals surface area contributed by atoms with Crippen molar-refractivity contribution in [2.24, 2.45) is 0 Å². The summed E-state index contributed by atoms with van der Waals surface area (Å²) in [6, 6.07) is 7.04. The third-order valence-electron chi connectivity index (χ3n) is 4.39. The van der Waals surface area contributed by atoms with Crippen molar-refractivity contribution >= 4 is 0 Å². The maximum atomic E-state index is 5.79. The van der Waals surface area contributed by atoms with Crippen LogP contribution in [0.25, 0.3) is 0 Å². The summed E-state index contributed by atoms with van der Waals surface area (Å²) in [6.45, 7) is 8.09. The second-order valence-electron chi connectivity index (χ2n) is 5.89. The van der Waals surface area contributed by atoms with Crippen LogP contribution in [-0.2, 0) is 6.54 Å². The predicted octanol–water partition coefficient (Wildman–Crippen LogP) is 2.42. The highest BCUT2D eigenvalue weighted by Gasteiger charge is 2.20. The molecular formula is C17H26N2O2. The number of benzene rings is 1. The first-order valence-electron chi connectivity index (χ1n) is 8.20. The van der Waals surface area contributed by atoms with E-state index in [0.717, 1.165) is 57.3 Å². The number of hydrogen-bond acceptors (Lipinski definition) is 4. The van der Waals surface area contributed by atoms with Gasteiger partial charge in [-0.25, -0.2) is 0 Å². The number of fused-ring (bicyclic) bond motifs is 1. The maximum absolute atomic E-state index is 5.79. The summed E-state index contributed by atoms with van der Waals surface area (Å²) in [4.78, 5) is 2.56. The molecule has 0 aliphatic carbocycles. The van der Waals surface area contributed by atoms with Gasteiger partial charge in [0.25, 0.3) is 0 Å². The molecule has 0 bridgehead atoms. The number of nitrogens with one attached hydrogen (secondary N) is 1. The molecule has 1 atom stereocenters. The van der Waals surface area contributed by atoms with Gasteiger partial charge in [0, 0.05) is 25.6 Å². The molecule has 4 heteroatoms. The molecule has 2 aliphatic heterocycles. The van der Waals surface area contributed by atoms with Gasteiger partial charge < -0.3 is 14.8 Å². The van der Waals surface area contributed by atoms with Crippen LogP contribution in [0.3, 0.4) is 0 Å². The summed E-state index contributed by atoms with van der Waals surface area (Å²) in [5.41, 5.74) is 1.31. The van der Waals surface area contributed by atoms with Gasteiger partial charge in [0.05, 0.1) is 13.2 Å². The maximum Gasteiger partial charge on any atom is 0.161 e. The molecule has 116 valence electrons. The normalized spacial score (nSPS) is 22.1. The van der Waals surface area contributed by atoms with Crippen LogP contribution in [0.15, 0.2) is 18.2 Å². The smallest absolute Gasteiger partial charge is 0.161 e. The van der Waals surface area contributed by atoms with E-state index in [1.54, 1.807) is 0 Å². The molecule has 3 rings (SSSR count). The lowest BCUT2D eigenvalue weighted by atomic mass is 10.0. The fourth-order valence-electron chi connectivity index (χ4n) is 3.18. The Morgan fingerprint density at radius 2 is 2.05 bits per heavy atom. The van der Waals surface area contributed by atoms with Gasteiger partial charge in [-0.1, -0.05) is 13.0 Å². The number of rotatable bonds is 4. The van der Waals surface area contributed by atoms with Crippen LogP contribution in [0.4, 0.5) is 0 Å². The van der Waals surface area contributed by atoms with Gasteiger partial charge >= 0.3 is 0 Å². The molecule has 4 nitrogen and oxygen atoms in total. The van der Waals surface area contributed by atoms with Crippen molar-refractivity contribution in [1.29, 1.82) is 0 Å². The average Bonchev–Trinajstić information content (AvgIpc) is 2.78. The monoisotopic (exact) mass is 290 g/mol. The molecule has 21 heavy (non-hydrogen) atoms. The van der Waals surface area contributed by atoms with Gasteiger partial charge in [-0.2, -0.15) is 0 Å². The van der Waals surface area contributed by atoms with Crippen molar-refractivity contribution in [1.82, 2.24) is 10.2 Å². The molecule has 0 saturated carbocycles. The van der Waals surface area contributed by atoms with E-state index in [2.05, 4.69) is 35.3 Å². The first kappa shape index (κ1) is 14.7. The van der Waals surface area contributed by atoms with Gasteiger partial charge in [0.1, 0.15) is 0 Å². The van der Waals surface area contributed by atoms with E-state index in [-0.39, 0.29) is 0 Å². The predicted molar refractivity (Wildman–Crippen MR) is 84.0 cm³/mol. The molecule has 0 radical (unpaired) electrons. The number of nitrogens with zero attached hydrogens (tertiary/aromatic N) is 1. The fourth-order valence-corrected chi connectivity index (χ4v) is 3.18. The number of hydrogen-bond donors (Lipinski definition) is 1. The summed E-state index contributed by atoms with van der Waals surface area (Å²) < 4.78 is 11.5. The van der Waals surface area contributed by atoms with E-state index in [0.29, 0.717) is 6.04 Å². The summed E-state index contributed by atoms with van der Waals surface area (Å²) in [5, 5.41) is 3.51. The van der Waals surface area contributed by atoms with E-state index in [4.69, 9.17) is 9.47 Å². The fraction of sp³-hybridized carbons (Fsp3) is 0.647. The third-order valence-corrected chi connectivity index (χ3v) is 4.39. The highest BCUT2D eigenvalue weighted by atomic mass is 16.5. The Balaban J connectivity index is 1.69. The SMILES string of the molecule is CCN(Cc1ccc2c(c1)OCCCO2)C1CCCNC1. The largest absolute Gasteiger partial charge is 0.490 e. The van der Waals surface area contributed by atoms with Gasteiger partial charge in [0.15, 0.2) is 11.5 Å². The lowest BCUT2D eigenvalue weighted by Gasteiger charge is -2.34. The molecule has 1 aromatic carbocycles. The van der Waals surface area contributed by atoms with Gasteiger partial charge in [0.2, 0.25) is 0 Å². The average molecular weight is 290 g/mol. The first-order chi connectivity index (χ1) is 10.4. The molecular weight excluding hydrogens is 264 g/mol. The Bertz CT molecular complexity index is 458. The molecule has 1 aromatic rings. The number of piperidine rings is 1. The standard InChI is InChI=1S/C17H26N2O2/c1-2-19(15-5-3-8-18-12-15)13-14-6-7-16-17(11-14)21-10-4-9-20-16/h6-7,11,15,18H,2-5,8-10,12-13H2,1H3. The Labute approximate surface area is 127 Å². The summed E-state index contributed by atoms with van der Waals surface area (Å²) in [6.07, 6.45) is 3.53. The zero-order chi connectivity index (χ0) is 14.5. The Morgan fingerprint density at radius 3 is 2.81 bits per heavy atom. The second-order valence-corrected chi connectivity index (χ2v) is 5.89. The highest BCUT2D eigenvalue weighted by Crippen LogP contribution is 2.31. The van der Waals surface area contributed by atoms with Gasteiger partial charge in [-0.05, 0) is 43.6 Å². The minimum atomic E-state index is 0.653. The van der Waals surface area contributed by atoms with Crippen molar-refractivity contribution in [2.75, 3.05) is 32.8 Å². The van der Waals surface area contributed by atoms with Crippen molar-refractivity contribution in [2.45, 2.75) is 38.8 Å². The first-order valence-corrected chi connectivity index (χ1v) is 8.20. The molecule has 1 unspecified atom stereocenters. The minimum absolute atomic E-state index is 0.653. The molecule has 1 fully saturated rings. The zero-order valence-electron chi connectivity index (χ0n) is 12.9. The van der Waals surface area contributed by atoms with Crippen LogP contribution in [0.1, 0.15) is 31.7 Å². The molecule has 1 saturated heterocycles. The van der Waals surface area contributed by atoms with Crippen LogP contribution < -0.4 is 14.8 Å². The molecule has 0 spiro atoms. The minimum Gasteiger partial charge on any atom is -0.490 e. The summed E-state index contributed by atoms with van der Waals surface area (Å²) in [7, 11) is 0. The van der Waals surface area contributed by atoms with Gasteiger partial charge in [-0.15, -0.1) is 0 Å². The van der Waals surface area contributed by atoms with E-state index in [1.807, 2.05) is 0 Å². The second kappa shape index (κ2) is 7.14. The summed E-state index contributed by atoms with van der Waals surface area (Å²) >= 11 is 0. The topological polar surface area (TPSA) is 33.7 Å². The van der Waals surface area contributed by atoms with Crippen LogP contribution in [-0.4, -0.2) is 43.8 Å². The summed E-state index contributed by atoms with van der Waals surface area (Å²) in [5.74, 6) is 1.79. The van der Waals surface area contributed by atoms with Crippen LogP contribution in [0, 0.1) is 0 Å². The highest BCUT2D eigenvalue weighted by molar-refractivity contribution is 5.43. The van der Waals surface area contributed by atoms with E-state index >= 15 is 0 Å². The lowest BCUT2D eigenvalue weighted by Crippen LogP contribution is -2.45. The van der Waals surface area contributed by atoms with Crippen molar-refractivity contribution in [3.8, 4) is 11.5 Å². The molecule has 0 aromatic heterocycles. The van der Waals surface area contributed by atoms with Crippen molar-refractivity contribution in [3.63, 3.8) is 0 Å². The van der Waals surface area contributed by atoms with E-state index in [9.17, 15) is 0 Å². The number of likely N-dealkylation sites (N-methyl/N-ethyl adjacent to an activating group) is 1. The third kappa shape index (κ3) is 3.69. The van der Waals surface area contributed by atoms with Gasteiger partial charge in [-0.3, -0.25) is 4.90 Å². The molecule has 0 amide bonds. The Kier molecular flexibility index (Phi) is 4.99. The number of ether oxygens (including phenoxy) is 2. The van der Waals surface area contributed by atoms with Crippen molar-refractivity contribution < 1.29 is 9.47 Å². The van der Waals surface area contributed by atoms with Crippen molar-refractivity contribution in [3.05, 3.63) is 23.8 Å². The zero-order valence-corrected chi connectivity index (χ0v) is 12.9. The lowest BCUT2D eigenvalue weighted by molar-refractivity contribution is 0.166. The van der Waals surface area contributed by atoms with Crippen LogP contribution >= 0.6 is 0 Å².